The van der Waals surface area contributed by atoms with Gasteiger partial charge in [-0.15, -0.1) is 0 Å². The van der Waals surface area contributed by atoms with Crippen molar-refractivity contribution in [1.29, 1.82) is 0 Å². The van der Waals surface area contributed by atoms with Crippen molar-refractivity contribution in [2.24, 2.45) is 0 Å². The molecule has 1 aromatic heterocycles. The van der Waals surface area contributed by atoms with Gasteiger partial charge in [-0.05, 0) is 29.8 Å². The van der Waals surface area contributed by atoms with E-state index >= 15 is 0 Å². The van der Waals surface area contributed by atoms with Crippen LogP contribution in [0, 0.1) is 0 Å². The van der Waals surface area contributed by atoms with Crippen LogP contribution in [0.3, 0.4) is 0 Å². The minimum Gasteiger partial charge on any atom is -0.294 e. The number of para-hydroxylation sites is 1. The predicted octanol–water partition coefficient (Wildman–Crippen LogP) is 2.78. The normalized spacial score (nSPS) is 10.5. The molecular weight excluding hydrogens is 292 g/mol. The third kappa shape index (κ3) is 3.25. The van der Waals surface area contributed by atoms with Crippen molar-refractivity contribution < 1.29 is 14.8 Å². The lowest BCUT2D eigenvalue weighted by Crippen LogP contribution is -2.18. The molecule has 0 aliphatic heterocycles. The van der Waals surface area contributed by atoms with E-state index in [0.717, 1.165) is 16.5 Å². The monoisotopic (exact) mass is 306 g/mol. The largest absolute Gasteiger partial charge is 0.294 e. The zero-order valence-corrected chi connectivity index (χ0v) is 12.2. The van der Waals surface area contributed by atoms with Crippen molar-refractivity contribution >= 4 is 22.6 Å². The number of pyridine rings is 1. The quantitative estimate of drug-likeness (QED) is 0.441. The Labute approximate surface area is 132 Å². The molecule has 2 aromatic carbocycles. The lowest BCUT2D eigenvalue weighted by Gasteiger charge is -2.04. The number of carbonyl (C=O) groups is 2. The fourth-order valence-corrected chi connectivity index (χ4v) is 2.37. The van der Waals surface area contributed by atoms with E-state index in [1.807, 2.05) is 30.3 Å². The van der Waals surface area contributed by atoms with Gasteiger partial charge in [-0.1, -0.05) is 30.3 Å². The van der Waals surface area contributed by atoms with Crippen LogP contribution in [-0.2, 0) is 6.42 Å². The van der Waals surface area contributed by atoms with Gasteiger partial charge < -0.3 is 0 Å². The second kappa shape index (κ2) is 6.37. The lowest BCUT2D eigenvalue weighted by molar-refractivity contribution is 0.0706. The lowest BCUT2D eigenvalue weighted by atomic mass is 10.0. The molecule has 0 bridgehead atoms. The van der Waals surface area contributed by atoms with E-state index < -0.39 is 5.91 Å². The Hall–Kier alpha value is -3.05. The van der Waals surface area contributed by atoms with Gasteiger partial charge in [0.2, 0.25) is 0 Å². The number of Topliss-reactive ketones (excluding diaryl/α,β-unsaturated/α-hetero) is 1. The maximum Gasteiger partial charge on any atom is 0.274 e. The molecule has 0 fully saturated rings. The van der Waals surface area contributed by atoms with Crippen LogP contribution in [0.25, 0.3) is 10.9 Å². The number of fused-ring (bicyclic) bond motifs is 1. The number of hydrogen-bond donors (Lipinski definition) is 2. The molecule has 3 aromatic rings. The van der Waals surface area contributed by atoms with Gasteiger partial charge in [0.1, 0.15) is 0 Å². The van der Waals surface area contributed by atoms with E-state index in [4.69, 9.17) is 5.21 Å². The Morgan fingerprint density at radius 3 is 2.43 bits per heavy atom. The maximum absolute atomic E-state index is 12.3. The molecule has 0 saturated heterocycles. The van der Waals surface area contributed by atoms with Crippen LogP contribution in [0.5, 0.6) is 0 Å². The zero-order valence-electron chi connectivity index (χ0n) is 12.2. The highest BCUT2D eigenvalue weighted by Crippen LogP contribution is 2.15. The number of nitrogens with one attached hydrogen (secondary N) is 1. The molecule has 1 heterocycles. The Morgan fingerprint density at radius 2 is 1.70 bits per heavy atom. The molecule has 3 rings (SSSR count). The Balaban J connectivity index is 1.78. The van der Waals surface area contributed by atoms with Gasteiger partial charge in [0, 0.05) is 29.1 Å². The van der Waals surface area contributed by atoms with Crippen molar-refractivity contribution in [2.45, 2.75) is 6.42 Å². The number of nitrogens with zero attached hydrogens (tertiary/aromatic N) is 1. The topological polar surface area (TPSA) is 79.3 Å². The molecule has 0 unspecified atom stereocenters. The van der Waals surface area contributed by atoms with E-state index in [2.05, 4.69) is 4.98 Å². The molecule has 5 heteroatoms. The number of ketones is 1. The van der Waals surface area contributed by atoms with Crippen molar-refractivity contribution in [3.8, 4) is 0 Å². The second-order valence-electron chi connectivity index (χ2n) is 5.15. The minimum atomic E-state index is -0.609. The molecule has 0 atom stereocenters. The number of carbonyl (C=O) groups excluding carboxylic acids is 2. The van der Waals surface area contributed by atoms with Crippen molar-refractivity contribution in [1.82, 2.24) is 10.5 Å². The summed E-state index contributed by atoms with van der Waals surface area (Å²) in [5.74, 6) is -0.666. The third-order valence-corrected chi connectivity index (χ3v) is 3.58. The minimum absolute atomic E-state index is 0.0574. The molecule has 0 radical (unpaired) electrons. The fourth-order valence-electron chi connectivity index (χ4n) is 2.37. The first kappa shape index (κ1) is 14.9. The van der Waals surface area contributed by atoms with E-state index in [0.29, 0.717) is 5.56 Å². The van der Waals surface area contributed by atoms with Gasteiger partial charge in [0.05, 0.1) is 5.52 Å². The summed E-state index contributed by atoms with van der Waals surface area (Å²) in [6, 6.07) is 15.8. The van der Waals surface area contributed by atoms with Crippen LogP contribution in [0.1, 0.15) is 26.3 Å². The Morgan fingerprint density at radius 1 is 1.00 bits per heavy atom. The molecule has 0 aliphatic rings. The van der Waals surface area contributed by atoms with Crippen molar-refractivity contribution in [3.63, 3.8) is 0 Å². The molecular formula is C18H14N2O3. The van der Waals surface area contributed by atoms with Crippen LogP contribution in [0.4, 0.5) is 0 Å². The van der Waals surface area contributed by atoms with Crippen molar-refractivity contribution in [3.05, 3.63) is 77.5 Å². The number of hydrogen-bond acceptors (Lipinski definition) is 4. The summed E-state index contributed by atoms with van der Waals surface area (Å²) in [4.78, 5) is 27.9. The maximum atomic E-state index is 12.3. The first-order valence-electron chi connectivity index (χ1n) is 7.09. The van der Waals surface area contributed by atoms with Crippen molar-refractivity contribution in [2.75, 3.05) is 0 Å². The van der Waals surface area contributed by atoms with Gasteiger partial charge in [-0.2, -0.15) is 0 Å². The molecule has 0 saturated carbocycles. The van der Waals surface area contributed by atoms with Crippen LogP contribution < -0.4 is 5.48 Å². The summed E-state index contributed by atoms with van der Waals surface area (Å²) in [5, 5.41) is 9.57. The summed E-state index contributed by atoms with van der Waals surface area (Å²) >= 11 is 0. The van der Waals surface area contributed by atoms with E-state index in [-0.39, 0.29) is 17.8 Å². The van der Waals surface area contributed by atoms with Crippen LogP contribution in [-0.4, -0.2) is 21.9 Å². The smallest absolute Gasteiger partial charge is 0.274 e. The van der Waals surface area contributed by atoms with Gasteiger partial charge in [-0.25, -0.2) is 5.48 Å². The highest BCUT2D eigenvalue weighted by atomic mass is 16.5. The summed E-state index contributed by atoms with van der Waals surface area (Å²) in [7, 11) is 0. The standard InChI is InChI=1S/C18H14N2O3/c21-17(13-5-7-14(8-6-13)18(22)20-23)10-12-9-15-3-1-2-4-16(15)19-11-12/h1-9,11,23H,10H2,(H,20,22). The average molecular weight is 306 g/mol. The van der Waals surface area contributed by atoms with Gasteiger partial charge in [-0.3, -0.25) is 19.8 Å². The van der Waals surface area contributed by atoms with E-state index in [1.165, 1.54) is 12.1 Å². The summed E-state index contributed by atoms with van der Waals surface area (Å²) in [5.41, 5.74) is 4.08. The molecule has 0 spiro atoms. The van der Waals surface area contributed by atoms with Gasteiger partial charge in [0.15, 0.2) is 5.78 Å². The molecule has 1 amide bonds. The molecule has 2 N–H and O–H groups in total. The van der Waals surface area contributed by atoms with Gasteiger partial charge >= 0.3 is 0 Å². The Bertz CT molecular complexity index is 873. The third-order valence-electron chi connectivity index (χ3n) is 3.58. The summed E-state index contributed by atoms with van der Waals surface area (Å²) in [6.07, 6.45) is 1.94. The molecule has 5 nitrogen and oxygen atoms in total. The van der Waals surface area contributed by atoms with E-state index in [9.17, 15) is 9.59 Å². The molecule has 114 valence electrons. The second-order valence-corrected chi connectivity index (χ2v) is 5.15. The average Bonchev–Trinajstić information content (AvgIpc) is 2.61. The number of hydroxylamine groups is 1. The number of aromatic nitrogens is 1. The van der Waals surface area contributed by atoms with Gasteiger partial charge in [0.25, 0.3) is 5.91 Å². The number of rotatable bonds is 4. The predicted molar refractivity (Wildman–Crippen MR) is 85.5 cm³/mol. The first-order chi connectivity index (χ1) is 11.2. The summed E-state index contributed by atoms with van der Waals surface area (Å²) < 4.78 is 0. The van der Waals surface area contributed by atoms with Crippen LogP contribution in [0.2, 0.25) is 0 Å². The Kier molecular flexibility index (Phi) is 4.12. The van der Waals surface area contributed by atoms with Crippen LogP contribution in [0.15, 0.2) is 60.8 Å². The zero-order chi connectivity index (χ0) is 16.2. The molecule has 23 heavy (non-hydrogen) atoms. The first-order valence-corrected chi connectivity index (χ1v) is 7.09. The number of benzene rings is 2. The SMILES string of the molecule is O=C(Cc1cnc2ccccc2c1)c1ccc(C(=O)NO)cc1. The highest BCUT2D eigenvalue weighted by molar-refractivity contribution is 5.99. The fraction of sp³-hybridized carbons (Fsp3) is 0.0556. The van der Waals surface area contributed by atoms with Crippen LogP contribution >= 0.6 is 0 Å². The summed E-state index contributed by atoms with van der Waals surface area (Å²) in [6.45, 7) is 0. The van der Waals surface area contributed by atoms with E-state index in [1.54, 1.807) is 23.8 Å². The number of amides is 1. The molecule has 0 aliphatic carbocycles. The highest BCUT2D eigenvalue weighted by Gasteiger charge is 2.10.